The van der Waals surface area contributed by atoms with Gasteiger partial charge in [0, 0.05) is 0 Å². The molecule has 1 unspecified atom stereocenters. The summed E-state index contributed by atoms with van der Waals surface area (Å²) in [4.78, 5) is 8.69. The first-order chi connectivity index (χ1) is 9.74. The number of hydrogen-bond donors (Lipinski definition) is 3. The first kappa shape index (κ1) is 12.7. The molecule has 6 heteroatoms. The fourth-order valence-corrected chi connectivity index (χ4v) is 3.30. The highest BCUT2D eigenvalue weighted by atomic mass is 15.2. The third-order valence-electron chi connectivity index (χ3n) is 4.22. The number of aliphatic imine (C=N–C) groups is 1. The predicted octanol–water partition coefficient (Wildman–Crippen LogP) is 1.69. The second-order valence-electron chi connectivity index (χ2n) is 5.55. The molecule has 3 rings (SSSR count). The molecule has 4 N–H and O–H groups in total. The summed E-state index contributed by atoms with van der Waals surface area (Å²) in [6, 6.07) is 3.86. The van der Waals surface area contributed by atoms with Gasteiger partial charge in [0.15, 0.2) is 6.19 Å². The second kappa shape index (κ2) is 5.37. The zero-order valence-corrected chi connectivity index (χ0v) is 11.2. The van der Waals surface area contributed by atoms with Gasteiger partial charge < -0.3 is 11.1 Å². The Labute approximate surface area is 118 Å². The average molecular weight is 270 g/mol. The van der Waals surface area contributed by atoms with E-state index in [0.717, 1.165) is 18.0 Å². The zero-order chi connectivity index (χ0) is 13.9. The molecule has 1 heterocycles. The number of nitriles is 1. The monoisotopic (exact) mass is 270 g/mol. The van der Waals surface area contributed by atoms with Crippen molar-refractivity contribution in [1.82, 2.24) is 10.3 Å². The molecule has 2 aliphatic carbocycles. The van der Waals surface area contributed by atoms with E-state index < -0.39 is 0 Å². The standard InChI is InChI=1S/C14H18N6/c15-8-18-14(19-11-3-4-13(16)17-7-11)20-12-6-9-1-2-10(12)5-9/h3-4,7,9-10,12H,1-2,5-6H2,(H2,16,17)(H2,18,19,20)/t9-,10+,12?/m1/s1. The number of aromatic nitrogens is 1. The molecule has 2 aliphatic rings. The van der Waals surface area contributed by atoms with Crippen molar-refractivity contribution in [3.8, 4) is 6.19 Å². The van der Waals surface area contributed by atoms with E-state index in [-0.39, 0.29) is 0 Å². The summed E-state index contributed by atoms with van der Waals surface area (Å²) in [7, 11) is 0. The molecule has 0 saturated heterocycles. The summed E-state index contributed by atoms with van der Waals surface area (Å²) >= 11 is 0. The van der Waals surface area contributed by atoms with Crippen LogP contribution in [0.1, 0.15) is 25.7 Å². The zero-order valence-electron chi connectivity index (χ0n) is 11.2. The predicted molar refractivity (Wildman–Crippen MR) is 77.7 cm³/mol. The Balaban J connectivity index is 1.72. The van der Waals surface area contributed by atoms with Crippen LogP contribution in [0.2, 0.25) is 0 Å². The Kier molecular flexibility index (Phi) is 3.42. The smallest absolute Gasteiger partial charge is 0.209 e. The van der Waals surface area contributed by atoms with Crippen molar-refractivity contribution in [3.05, 3.63) is 18.3 Å². The van der Waals surface area contributed by atoms with Gasteiger partial charge in [0.05, 0.1) is 17.9 Å². The molecule has 20 heavy (non-hydrogen) atoms. The van der Waals surface area contributed by atoms with Crippen molar-refractivity contribution < 1.29 is 0 Å². The largest absolute Gasteiger partial charge is 0.384 e. The molecule has 0 aromatic carbocycles. The maximum absolute atomic E-state index is 8.85. The van der Waals surface area contributed by atoms with Crippen molar-refractivity contribution in [3.63, 3.8) is 0 Å². The lowest BCUT2D eigenvalue weighted by atomic mass is 9.96. The van der Waals surface area contributed by atoms with Gasteiger partial charge in [-0.1, -0.05) is 6.42 Å². The minimum atomic E-state index is 0.332. The van der Waals surface area contributed by atoms with Crippen LogP contribution in [0.15, 0.2) is 23.3 Å². The van der Waals surface area contributed by atoms with E-state index in [1.807, 2.05) is 12.3 Å². The molecule has 104 valence electrons. The fraction of sp³-hybridized carbons (Fsp3) is 0.500. The van der Waals surface area contributed by atoms with Crippen LogP contribution in [0, 0.1) is 23.3 Å². The Hall–Kier alpha value is -2.29. The summed E-state index contributed by atoms with van der Waals surface area (Å²) in [5.74, 6) is 2.48. The summed E-state index contributed by atoms with van der Waals surface area (Å²) in [5.41, 5.74) is 6.32. The minimum Gasteiger partial charge on any atom is -0.384 e. The van der Waals surface area contributed by atoms with Crippen LogP contribution in [0.4, 0.5) is 11.5 Å². The number of fused-ring (bicyclic) bond motifs is 2. The van der Waals surface area contributed by atoms with Crippen LogP contribution in [-0.2, 0) is 0 Å². The van der Waals surface area contributed by atoms with Crippen molar-refractivity contribution in [2.24, 2.45) is 16.8 Å². The van der Waals surface area contributed by atoms with E-state index >= 15 is 0 Å². The number of anilines is 2. The Morgan fingerprint density at radius 1 is 1.40 bits per heavy atom. The van der Waals surface area contributed by atoms with Gasteiger partial charge in [-0.3, -0.25) is 5.32 Å². The Morgan fingerprint density at radius 3 is 2.90 bits per heavy atom. The molecule has 3 atom stereocenters. The van der Waals surface area contributed by atoms with Gasteiger partial charge in [0.25, 0.3) is 0 Å². The topological polar surface area (TPSA) is 99.1 Å². The summed E-state index contributed by atoms with van der Waals surface area (Å²) in [5, 5.41) is 14.6. The SMILES string of the molecule is N#CNC(=NC1C[C@@H]2CC[C@H]1C2)Nc1ccc(N)nc1. The van der Waals surface area contributed by atoms with Crippen LogP contribution in [0.3, 0.4) is 0 Å². The minimum absolute atomic E-state index is 0.332. The van der Waals surface area contributed by atoms with Crippen LogP contribution in [-0.4, -0.2) is 17.0 Å². The molecular formula is C14H18N6. The van der Waals surface area contributed by atoms with E-state index in [9.17, 15) is 0 Å². The lowest BCUT2D eigenvalue weighted by Crippen LogP contribution is -2.30. The molecule has 0 radical (unpaired) electrons. The molecule has 6 nitrogen and oxygen atoms in total. The third-order valence-corrected chi connectivity index (χ3v) is 4.22. The first-order valence-corrected chi connectivity index (χ1v) is 6.96. The Morgan fingerprint density at radius 2 is 2.30 bits per heavy atom. The number of hydrogen-bond acceptors (Lipinski definition) is 4. The summed E-state index contributed by atoms with van der Waals surface area (Å²) in [6.07, 6.45) is 8.60. The lowest BCUT2D eigenvalue weighted by Gasteiger charge is -2.19. The van der Waals surface area contributed by atoms with Gasteiger partial charge in [-0.15, -0.1) is 0 Å². The van der Waals surface area contributed by atoms with Gasteiger partial charge in [-0.2, -0.15) is 5.26 Å². The molecule has 0 aliphatic heterocycles. The van der Waals surface area contributed by atoms with Gasteiger partial charge in [-0.25, -0.2) is 9.98 Å². The summed E-state index contributed by atoms with van der Waals surface area (Å²) in [6.45, 7) is 0. The second-order valence-corrected chi connectivity index (χ2v) is 5.55. The molecular weight excluding hydrogens is 252 g/mol. The maximum Gasteiger partial charge on any atom is 0.209 e. The lowest BCUT2D eigenvalue weighted by molar-refractivity contribution is 0.420. The van der Waals surface area contributed by atoms with E-state index in [0.29, 0.717) is 23.7 Å². The first-order valence-electron chi connectivity index (χ1n) is 6.96. The normalized spacial score (nSPS) is 28.1. The van der Waals surface area contributed by atoms with Crippen LogP contribution in [0.25, 0.3) is 0 Å². The van der Waals surface area contributed by atoms with E-state index in [2.05, 4.69) is 20.6 Å². The number of rotatable bonds is 2. The van der Waals surface area contributed by atoms with Gasteiger partial charge in [0.2, 0.25) is 5.96 Å². The number of pyridine rings is 1. The van der Waals surface area contributed by atoms with Gasteiger partial charge in [0.1, 0.15) is 5.82 Å². The van der Waals surface area contributed by atoms with Crippen molar-refractivity contribution >= 4 is 17.5 Å². The fourth-order valence-electron chi connectivity index (χ4n) is 3.30. The number of nitrogens with two attached hydrogens (primary N) is 1. The number of nitrogen functional groups attached to an aromatic ring is 1. The highest BCUT2D eigenvalue weighted by Gasteiger charge is 2.39. The maximum atomic E-state index is 8.85. The highest BCUT2D eigenvalue weighted by Crippen LogP contribution is 2.45. The average Bonchev–Trinajstić information content (AvgIpc) is 3.04. The molecule has 0 spiro atoms. The van der Waals surface area contributed by atoms with Crippen LogP contribution < -0.4 is 16.4 Å². The molecule has 1 aromatic rings. The van der Waals surface area contributed by atoms with Gasteiger partial charge in [-0.05, 0) is 43.2 Å². The molecule has 2 fully saturated rings. The van der Waals surface area contributed by atoms with Crippen molar-refractivity contribution in [2.45, 2.75) is 31.7 Å². The summed E-state index contributed by atoms with van der Waals surface area (Å²) < 4.78 is 0. The highest BCUT2D eigenvalue weighted by molar-refractivity contribution is 5.94. The van der Waals surface area contributed by atoms with Gasteiger partial charge >= 0.3 is 0 Å². The quantitative estimate of drug-likeness (QED) is 0.329. The van der Waals surface area contributed by atoms with E-state index in [1.165, 1.54) is 19.3 Å². The van der Waals surface area contributed by atoms with Crippen molar-refractivity contribution in [1.29, 1.82) is 5.26 Å². The third kappa shape index (κ3) is 2.67. The van der Waals surface area contributed by atoms with Crippen molar-refractivity contribution in [2.75, 3.05) is 11.1 Å². The molecule has 0 amide bonds. The molecule has 2 saturated carbocycles. The van der Waals surface area contributed by atoms with E-state index in [1.54, 1.807) is 12.3 Å². The van der Waals surface area contributed by atoms with E-state index in [4.69, 9.17) is 11.0 Å². The molecule has 2 bridgehead atoms. The number of nitrogens with zero attached hydrogens (tertiary/aromatic N) is 3. The number of nitrogens with one attached hydrogen (secondary N) is 2. The van der Waals surface area contributed by atoms with Crippen LogP contribution in [0.5, 0.6) is 0 Å². The number of guanidine groups is 1. The molecule has 1 aromatic heterocycles. The Bertz CT molecular complexity index is 544. The van der Waals surface area contributed by atoms with Crippen LogP contribution >= 0.6 is 0 Å².